The maximum atomic E-state index is 13.4. The van der Waals surface area contributed by atoms with Gasteiger partial charge in [0.25, 0.3) is 0 Å². The van der Waals surface area contributed by atoms with Crippen molar-refractivity contribution in [1.82, 2.24) is 5.32 Å². The predicted molar refractivity (Wildman–Crippen MR) is 96.1 cm³/mol. The van der Waals surface area contributed by atoms with Crippen LogP contribution in [-0.4, -0.2) is 49.4 Å². The summed E-state index contributed by atoms with van der Waals surface area (Å²) in [6, 6.07) is 5.19. The molecule has 1 unspecified atom stereocenters. The van der Waals surface area contributed by atoms with Gasteiger partial charge in [0.05, 0.1) is 12.3 Å². The topological polar surface area (TPSA) is 75.8 Å². The van der Waals surface area contributed by atoms with Crippen molar-refractivity contribution in [3.8, 4) is 0 Å². The van der Waals surface area contributed by atoms with Gasteiger partial charge in [0.15, 0.2) is 0 Å². The van der Waals surface area contributed by atoms with Crippen molar-refractivity contribution in [3.05, 3.63) is 40.5 Å². The third-order valence-corrected chi connectivity index (χ3v) is 4.90. The van der Waals surface area contributed by atoms with Gasteiger partial charge in [-0.3, -0.25) is 5.32 Å². The smallest absolute Gasteiger partial charge is 0.126 e. The molecule has 1 aliphatic heterocycles. The minimum atomic E-state index is -0.541. The molecule has 1 fully saturated rings. The predicted octanol–water partition coefficient (Wildman–Crippen LogP) is 2.66. The summed E-state index contributed by atoms with van der Waals surface area (Å²) < 4.78 is 18.5. The maximum absolute atomic E-state index is 13.4. The van der Waals surface area contributed by atoms with Crippen LogP contribution in [0.2, 0.25) is 0 Å². The third kappa shape index (κ3) is 7.23. The molecule has 1 saturated carbocycles. The molecule has 0 amide bonds. The summed E-state index contributed by atoms with van der Waals surface area (Å²) in [6.45, 7) is 1.73. The molecular weight excluding hydrogens is 412 g/mol. The van der Waals surface area contributed by atoms with Crippen LogP contribution in [0.4, 0.5) is 4.39 Å². The SMILES string of the molecule is COCC1[N-]CCc2c(F)cccc21.OCNCC1(O)CCCCC1.[Y]. The van der Waals surface area contributed by atoms with Gasteiger partial charge in [-0.25, -0.2) is 4.39 Å². The molecular formula is C19H30FN2O3Y-. The standard InChI is InChI=1S/C11H13FNO.C8H17NO2.Y/c1-14-7-11-9-3-2-4-10(12)8(9)5-6-13-11;10-7-9-6-8(11)4-2-1-3-5-8;/h2-4,11H,5-7H2,1H3;9-11H,1-7H2;/q-1;;. The van der Waals surface area contributed by atoms with Crippen LogP contribution in [0.3, 0.4) is 0 Å². The summed E-state index contributed by atoms with van der Waals surface area (Å²) in [4.78, 5) is 0. The maximum Gasteiger partial charge on any atom is 0.126 e. The van der Waals surface area contributed by atoms with E-state index in [0.29, 0.717) is 26.1 Å². The van der Waals surface area contributed by atoms with Gasteiger partial charge in [0.1, 0.15) is 5.82 Å². The summed E-state index contributed by atoms with van der Waals surface area (Å²) in [6.07, 6.45) is 5.93. The van der Waals surface area contributed by atoms with Crippen molar-refractivity contribution in [2.75, 3.05) is 33.5 Å². The summed E-state index contributed by atoms with van der Waals surface area (Å²) in [7, 11) is 1.64. The number of hydrogen-bond acceptors (Lipinski definition) is 4. The monoisotopic (exact) mass is 442 g/mol. The van der Waals surface area contributed by atoms with E-state index in [1.165, 1.54) is 12.5 Å². The van der Waals surface area contributed by atoms with E-state index >= 15 is 0 Å². The van der Waals surface area contributed by atoms with Crippen LogP contribution in [0, 0.1) is 5.82 Å². The van der Waals surface area contributed by atoms with E-state index < -0.39 is 5.60 Å². The van der Waals surface area contributed by atoms with Crippen LogP contribution < -0.4 is 5.32 Å². The summed E-state index contributed by atoms with van der Waals surface area (Å²) >= 11 is 0. The van der Waals surface area contributed by atoms with Gasteiger partial charge < -0.3 is 20.3 Å². The number of hydrogen-bond donors (Lipinski definition) is 3. The molecule has 1 heterocycles. The van der Waals surface area contributed by atoms with E-state index in [0.717, 1.165) is 36.8 Å². The average Bonchev–Trinajstić information content (AvgIpc) is 2.62. The van der Waals surface area contributed by atoms with Gasteiger partial charge in [0.2, 0.25) is 0 Å². The van der Waals surface area contributed by atoms with E-state index in [1.54, 1.807) is 13.2 Å². The number of nitrogens with zero attached hydrogens (tertiary/aromatic N) is 1. The Morgan fingerprint density at radius 2 is 2.04 bits per heavy atom. The average molecular weight is 442 g/mol. The van der Waals surface area contributed by atoms with E-state index in [-0.39, 0.29) is 51.3 Å². The number of ether oxygens (including phenoxy) is 1. The molecule has 0 bridgehead atoms. The number of nitrogens with one attached hydrogen (secondary N) is 1. The van der Waals surface area contributed by atoms with Crippen molar-refractivity contribution in [3.63, 3.8) is 0 Å². The first-order chi connectivity index (χ1) is 12.1. The van der Waals surface area contributed by atoms with Crippen molar-refractivity contribution in [2.24, 2.45) is 0 Å². The Kier molecular flexibility index (Phi) is 11.6. The van der Waals surface area contributed by atoms with Gasteiger partial charge >= 0.3 is 0 Å². The Hall–Kier alpha value is 0.0539. The van der Waals surface area contributed by atoms with E-state index in [1.807, 2.05) is 6.07 Å². The second-order valence-corrected chi connectivity index (χ2v) is 6.80. The minimum Gasteiger partial charge on any atom is -0.654 e. The molecule has 3 N–H and O–H groups in total. The van der Waals surface area contributed by atoms with Gasteiger partial charge in [-0.2, -0.15) is 0 Å². The van der Waals surface area contributed by atoms with Crippen molar-refractivity contribution >= 4 is 0 Å². The van der Waals surface area contributed by atoms with Crippen LogP contribution in [0.25, 0.3) is 5.32 Å². The first-order valence-electron chi connectivity index (χ1n) is 9.06. The fraction of sp³-hybridized carbons (Fsp3) is 0.684. The molecule has 5 nitrogen and oxygen atoms in total. The molecule has 0 aromatic heterocycles. The van der Waals surface area contributed by atoms with Crippen LogP contribution in [0.5, 0.6) is 0 Å². The van der Waals surface area contributed by atoms with Crippen LogP contribution in [-0.2, 0) is 43.9 Å². The second kappa shape index (κ2) is 12.5. The van der Waals surface area contributed by atoms with Crippen LogP contribution >= 0.6 is 0 Å². The molecule has 145 valence electrons. The Bertz CT molecular complexity index is 528. The van der Waals surface area contributed by atoms with E-state index in [2.05, 4.69) is 10.6 Å². The third-order valence-electron chi connectivity index (χ3n) is 4.90. The van der Waals surface area contributed by atoms with Crippen molar-refractivity contribution in [2.45, 2.75) is 50.2 Å². The quantitative estimate of drug-likeness (QED) is 0.613. The molecule has 3 rings (SSSR count). The van der Waals surface area contributed by atoms with Gasteiger partial charge in [-0.05, 0) is 30.9 Å². The zero-order valence-electron chi connectivity index (χ0n) is 15.6. The van der Waals surface area contributed by atoms with Crippen LogP contribution in [0.1, 0.15) is 49.3 Å². The van der Waals surface area contributed by atoms with E-state index in [4.69, 9.17) is 9.84 Å². The molecule has 1 aromatic rings. The second-order valence-electron chi connectivity index (χ2n) is 6.80. The zero-order valence-corrected chi connectivity index (χ0v) is 18.4. The molecule has 26 heavy (non-hydrogen) atoms. The number of aliphatic hydroxyl groups excluding tert-OH is 1. The Labute approximate surface area is 181 Å². The molecule has 0 saturated heterocycles. The van der Waals surface area contributed by atoms with Gasteiger partial charge in [0, 0.05) is 53.0 Å². The number of halogens is 1. The number of benzene rings is 1. The first kappa shape index (κ1) is 24.1. The molecule has 1 radical (unpaired) electrons. The molecule has 0 spiro atoms. The summed E-state index contributed by atoms with van der Waals surface area (Å²) in [5, 5.41) is 25.5. The fourth-order valence-corrected chi connectivity index (χ4v) is 3.56. The number of fused-ring (bicyclic) bond motifs is 1. The van der Waals surface area contributed by atoms with Crippen LogP contribution in [0.15, 0.2) is 18.2 Å². The minimum absolute atomic E-state index is 0. The number of rotatable bonds is 5. The van der Waals surface area contributed by atoms with Crippen molar-refractivity contribution < 1.29 is 52.0 Å². The summed E-state index contributed by atoms with van der Waals surface area (Å²) in [5.74, 6) is -0.112. The number of methoxy groups -OCH3 is 1. The number of aliphatic hydroxyl groups is 2. The zero-order chi connectivity index (χ0) is 18.1. The first-order valence-corrected chi connectivity index (χ1v) is 9.06. The van der Waals surface area contributed by atoms with Crippen molar-refractivity contribution in [1.29, 1.82) is 0 Å². The Morgan fingerprint density at radius 3 is 2.69 bits per heavy atom. The summed E-state index contributed by atoms with van der Waals surface area (Å²) in [5.41, 5.74) is 1.25. The normalized spacial score (nSPS) is 21.0. The largest absolute Gasteiger partial charge is 0.654 e. The van der Waals surface area contributed by atoms with Gasteiger partial charge in [-0.1, -0.05) is 43.0 Å². The van der Waals surface area contributed by atoms with E-state index in [9.17, 15) is 9.50 Å². The molecule has 2 aliphatic rings. The molecule has 1 atom stereocenters. The molecule has 7 heteroatoms. The Balaban J connectivity index is 0.000000258. The molecule has 1 aromatic carbocycles. The van der Waals surface area contributed by atoms with Gasteiger partial charge in [-0.15, -0.1) is 6.54 Å². The fourth-order valence-electron chi connectivity index (χ4n) is 3.56. The Morgan fingerprint density at radius 1 is 1.31 bits per heavy atom. The molecule has 1 aliphatic carbocycles.